The molecule has 2 aliphatic rings. The van der Waals surface area contributed by atoms with Crippen LogP contribution in [0.15, 0.2) is 152 Å². The molecule has 0 amide bonds. The number of carboxylic acid groups (broad SMARTS) is 2. The zero-order valence-corrected chi connectivity index (χ0v) is 40.7. The number of aliphatic hydroxyl groups is 1. The van der Waals surface area contributed by atoms with Gasteiger partial charge >= 0.3 is 11.9 Å². The lowest BCUT2D eigenvalue weighted by Crippen LogP contribution is -2.44. The summed E-state index contributed by atoms with van der Waals surface area (Å²) >= 11 is 0. The summed E-state index contributed by atoms with van der Waals surface area (Å²) in [7, 11) is 4.88. The Labute approximate surface area is 439 Å². The minimum Gasteiger partial charge on any atom is -0.497 e. The molecule has 4 unspecified atom stereocenters. The van der Waals surface area contributed by atoms with Crippen molar-refractivity contribution >= 4 is 59.3 Å². The van der Waals surface area contributed by atoms with E-state index in [-0.39, 0.29) is 48.0 Å². The Balaban J connectivity index is 0.000000191. The number of aromatic nitrogens is 3. The van der Waals surface area contributed by atoms with Crippen molar-refractivity contribution in [2.24, 2.45) is 5.73 Å². The van der Waals surface area contributed by atoms with Crippen molar-refractivity contribution in [1.29, 1.82) is 0 Å². The molecule has 3 radical (unpaired) electrons. The fourth-order valence-corrected chi connectivity index (χ4v) is 9.33. The van der Waals surface area contributed by atoms with Gasteiger partial charge in [-0.1, -0.05) is 106 Å². The van der Waals surface area contributed by atoms with Crippen molar-refractivity contribution in [1.82, 2.24) is 25.6 Å². The average molecular weight is 1010 g/mol. The largest absolute Gasteiger partial charge is 0.497 e. The molecule has 389 valence electrons. The van der Waals surface area contributed by atoms with Gasteiger partial charge in [0.1, 0.15) is 35.6 Å². The standard InChI is InChI=1S/C19H18N2O3.C19H20N2O2.C11H12N2O2.C8H8O2.2CH4.B/c1-24-12-6-4-5-11(9-12)17-18-14(10-16(21-17)19(22)23)13-7-2-3-8-15(13)20-18;1-23-14-6-4-5-12(9-14)18-19-16(10-13(11-22)20-18)15-7-2-3-8-17(15)21-19;12-9(11(14)15)5-7-6-13-10-4-2-1-3-8(7)10;1-10-8-4-2-3-7(5-8)6-9;;;/h2-9,16-17,20-21H,10H2,1H3,(H,22,23);2-9,13,18,20-22H,10-11H2,1H3;1-4,6,9,13H,5,12H2,(H,14,15);2-6H,1H3;2*1H4;/t;;9-;;;;/m..0..../s1. The van der Waals surface area contributed by atoms with E-state index in [4.69, 9.17) is 25.1 Å². The van der Waals surface area contributed by atoms with Crippen molar-refractivity contribution in [2.75, 3.05) is 27.9 Å². The Kier molecular flexibility index (Phi) is 20.6. The smallest absolute Gasteiger partial charge is 0.321 e. The number of methoxy groups -OCH3 is 3. The number of carbonyl (C=O) groups excluding carboxylic acids is 1. The number of carbonyl (C=O) groups is 3. The van der Waals surface area contributed by atoms with Gasteiger partial charge in [0, 0.05) is 83.2 Å². The predicted molar refractivity (Wildman–Crippen MR) is 297 cm³/mol. The second-order valence-corrected chi connectivity index (χ2v) is 17.5. The number of para-hydroxylation sites is 3. The maximum Gasteiger partial charge on any atom is 0.321 e. The number of aliphatic carboxylic acids is 2. The molecule has 3 aromatic heterocycles. The number of H-pyrrole nitrogens is 3. The molecular weight excluding hydrogens is 947 g/mol. The summed E-state index contributed by atoms with van der Waals surface area (Å²) in [6.07, 6.45) is 4.25. The lowest BCUT2D eigenvalue weighted by molar-refractivity contribution is -0.140. The van der Waals surface area contributed by atoms with Gasteiger partial charge in [0.25, 0.3) is 0 Å². The molecule has 0 aliphatic carbocycles. The van der Waals surface area contributed by atoms with Crippen molar-refractivity contribution in [3.8, 4) is 17.2 Å². The van der Waals surface area contributed by atoms with E-state index in [1.165, 1.54) is 16.6 Å². The number of fused-ring (bicyclic) bond motifs is 7. The Morgan fingerprint density at radius 2 is 1.12 bits per heavy atom. The van der Waals surface area contributed by atoms with Crippen LogP contribution in [0.4, 0.5) is 0 Å². The van der Waals surface area contributed by atoms with E-state index >= 15 is 0 Å². The second kappa shape index (κ2) is 26.7. The Morgan fingerprint density at radius 3 is 1.63 bits per heavy atom. The van der Waals surface area contributed by atoms with Crippen molar-refractivity contribution in [2.45, 2.75) is 64.3 Å². The third kappa shape index (κ3) is 13.3. The molecule has 0 saturated carbocycles. The minimum absolute atomic E-state index is 0. The van der Waals surface area contributed by atoms with E-state index < -0.39 is 24.0 Å². The molecule has 75 heavy (non-hydrogen) atoms. The van der Waals surface area contributed by atoms with Gasteiger partial charge in [-0.2, -0.15) is 0 Å². The summed E-state index contributed by atoms with van der Waals surface area (Å²) in [6.45, 7) is 0.124. The van der Waals surface area contributed by atoms with E-state index in [0.29, 0.717) is 24.2 Å². The summed E-state index contributed by atoms with van der Waals surface area (Å²) in [6, 6.07) is 45.4. The zero-order valence-electron chi connectivity index (χ0n) is 40.7. The Hall–Kier alpha value is -8.15. The topological polar surface area (TPSA) is 237 Å². The van der Waals surface area contributed by atoms with Gasteiger partial charge in [-0.05, 0) is 88.8 Å². The lowest BCUT2D eigenvalue weighted by atomic mass is 9.90. The molecular formula is C59H66BN6O9. The summed E-state index contributed by atoms with van der Waals surface area (Å²) in [5, 5.41) is 38.1. The van der Waals surface area contributed by atoms with Crippen LogP contribution in [0.1, 0.15) is 76.5 Å². The molecule has 5 heterocycles. The molecule has 9 aromatic rings. The first kappa shape index (κ1) is 57.8. The molecule has 10 N–H and O–H groups in total. The van der Waals surface area contributed by atoms with E-state index in [9.17, 15) is 24.6 Å². The van der Waals surface area contributed by atoms with Gasteiger partial charge in [-0.15, -0.1) is 0 Å². The van der Waals surface area contributed by atoms with Crippen LogP contribution in [0.2, 0.25) is 0 Å². The fraction of sp³-hybridized carbons (Fsp3) is 0.237. The average Bonchev–Trinajstić information content (AvgIpc) is 4.14. The molecule has 0 fully saturated rings. The SMILES string of the molecule is C.C.COc1cccc(C2NC(C(=O)O)Cc3c2[nH]c2ccccc32)c1.COc1cccc(C2NC(CO)Cc3c2[nH]c2ccccc32)c1.COc1cccc(C=O)c1.N[C@@H](Cc1c[nH]c2ccccc12)C(=O)O.[B]. The summed E-state index contributed by atoms with van der Waals surface area (Å²) < 4.78 is 15.6. The molecule has 0 spiro atoms. The number of benzene rings is 6. The van der Waals surface area contributed by atoms with Gasteiger partial charge in [-0.25, -0.2) is 0 Å². The predicted octanol–water partition coefficient (Wildman–Crippen LogP) is 9.16. The number of hydrogen-bond acceptors (Lipinski definition) is 10. The lowest BCUT2D eigenvalue weighted by Gasteiger charge is -2.31. The van der Waals surface area contributed by atoms with E-state index in [0.717, 1.165) is 79.5 Å². The molecule has 2 aliphatic heterocycles. The molecule has 15 nitrogen and oxygen atoms in total. The van der Waals surface area contributed by atoms with Crippen LogP contribution in [0.5, 0.6) is 17.2 Å². The van der Waals surface area contributed by atoms with Gasteiger partial charge < -0.3 is 50.2 Å². The molecule has 11 rings (SSSR count). The Morgan fingerprint density at radius 1 is 0.640 bits per heavy atom. The van der Waals surface area contributed by atoms with Crippen LogP contribution in [0.25, 0.3) is 32.7 Å². The highest BCUT2D eigenvalue weighted by Crippen LogP contribution is 2.37. The first-order valence-corrected chi connectivity index (χ1v) is 23.5. The summed E-state index contributed by atoms with van der Waals surface area (Å²) in [5.74, 6) is 0.501. The van der Waals surface area contributed by atoms with E-state index in [2.05, 4.69) is 49.9 Å². The van der Waals surface area contributed by atoms with Gasteiger partial charge in [0.2, 0.25) is 0 Å². The minimum atomic E-state index is -0.972. The number of aromatic amines is 3. The number of hydrogen-bond donors (Lipinski definition) is 9. The Bertz CT molecular complexity index is 3310. The number of carboxylic acids is 2. The first-order chi connectivity index (χ1) is 35.0. The van der Waals surface area contributed by atoms with E-state index in [1.807, 2.05) is 103 Å². The summed E-state index contributed by atoms with van der Waals surface area (Å²) in [5.41, 5.74) is 16.9. The third-order valence-corrected chi connectivity index (χ3v) is 12.9. The van der Waals surface area contributed by atoms with Crippen LogP contribution < -0.4 is 30.6 Å². The highest BCUT2D eigenvalue weighted by Gasteiger charge is 2.34. The third-order valence-electron chi connectivity index (χ3n) is 12.9. The maximum absolute atomic E-state index is 11.6. The highest BCUT2D eigenvalue weighted by atomic mass is 16.5. The quantitative estimate of drug-likeness (QED) is 0.0436. The van der Waals surface area contributed by atoms with Crippen LogP contribution in [-0.2, 0) is 28.9 Å². The fourth-order valence-electron chi connectivity index (χ4n) is 9.33. The van der Waals surface area contributed by atoms with Gasteiger partial charge in [0.15, 0.2) is 0 Å². The molecule has 6 aromatic carbocycles. The van der Waals surface area contributed by atoms with Crippen LogP contribution in [0.3, 0.4) is 0 Å². The van der Waals surface area contributed by atoms with Crippen LogP contribution in [0, 0.1) is 0 Å². The van der Waals surface area contributed by atoms with Gasteiger partial charge in [-0.3, -0.25) is 25.0 Å². The highest BCUT2D eigenvalue weighted by molar-refractivity contribution is 5.88. The van der Waals surface area contributed by atoms with E-state index in [1.54, 1.807) is 45.6 Å². The van der Waals surface area contributed by atoms with Crippen molar-refractivity contribution in [3.05, 3.63) is 197 Å². The molecule has 5 atom stereocenters. The number of rotatable bonds is 11. The molecule has 16 heteroatoms. The number of nitrogens with two attached hydrogens (primary N) is 1. The van der Waals surface area contributed by atoms with Gasteiger partial charge in [0.05, 0.1) is 40.0 Å². The van der Waals surface area contributed by atoms with Crippen LogP contribution in [-0.4, -0.2) is 103 Å². The second-order valence-electron chi connectivity index (χ2n) is 17.5. The zero-order chi connectivity index (χ0) is 50.7. The summed E-state index contributed by atoms with van der Waals surface area (Å²) in [4.78, 5) is 42.6. The maximum atomic E-state index is 11.6. The van der Waals surface area contributed by atoms with Crippen molar-refractivity contribution < 1.29 is 43.9 Å². The van der Waals surface area contributed by atoms with Crippen molar-refractivity contribution in [3.63, 3.8) is 0 Å². The number of nitrogens with one attached hydrogen (secondary N) is 5. The first-order valence-electron chi connectivity index (χ1n) is 23.5. The number of ether oxygens (including phenoxy) is 3. The molecule has 0 saturated heterocycles. The van der Waals surface area contributed by atoms with Crippen LogP contribution >= 0.6 is 0 Å². The number of aliphatic hydroxyl groups excluding tert-OH is 1. The molecule has 0 bridgehead atoms. The normalized spacial score (nSPS) is 16.4. The number of aldehydes is 1. The monoisotopic (exact) mass is 1010 g/mol.